The molecule has 0 saturated carbocycles. The number of phenols is 1. The molecule has 29 heavy (non-hydrogen) atoms. The molecule has 0 heterocycles. The largest absolute Gasteiger partial charge is 0.504 e. The topological polar surface area (TPSA) is 61.4 Å². The van der Waals surface area contributed by atoms with Crippen LogP contribution >= 0.6 is 35.0 Å². The van der Waals surface area contributed by atoms with Gasteiger partial charge in [0, 0.05) is 34.0 Å². The first-order valence-electron chi connectivity index (χ1n) is 8.90. The highest BCUT2D eigenvalue weighted by molar-refractivity contribution is 7.99. The maximum Gasteiger partial charge on any atom is 0.221 e. The first kappa shape index (κ1) is 21.4. The quantitative estimate of drug-likeness (QED) is 0.367. The SMILES string of the molecule is CC(=O)Nc1ccc(Sc2ccccc2CNc2cc(Cl)c(C)c(Cl)c2O)cc1. The Hall–Kier alpha value is -2.34. The molecule has 0 atom stereocenters. The van der Waals surface area contributed by atoms with E-state index in [0.717, 1.165) is 21.0 Å². The Morgan fingerprint density at radius 1 is 1.10 bits per heavy atom. The Bertz CT molecular complexity index is 1040. The van der Waals surface area contributed by atoms with E-state index in [0.29, 0.717) is 22.8 Å². The third-order valence-electron chi connectivity index (χ3n) is 4.27. The Kier molecular flexibility index (Phi) is 6.96. The van der Waals surface area contributed by atoms with Crippen molar-refractivity contribution in [2.75, 3.05) is 10.6 Å². The number of halogens is 2. The van der Waals surface area contributed by atoms with Crippen molar-refractivity contribution in [2.45, 2.75) is 30.2 Å². The van der Waals surface area contributed by atoms with E-state index < -0.39 is 0 Å². The Morgan fingerprint density at radius 3 is 2.48 bits per heavy atom. The number of rotatable bonds is 6. The zero-order valence-electron chi connectivity index (χ0n) is 15.9. The lowest BCUT2D eigenvalue weighted by Crippen LogP contribution is -2.05. The molecule has 0 aliphatic rings. The first-order valence-corrected chi connectivity index (χ1v) is 10.5. The Balaban J connectivity index is 1.75. The van der Waals surface area contributed by atoms with Crippen LogP contribution in [0.3, 0.4) is 0 Å². The van der Waals surface area contributed by atoms with Gasteiger partial charge in [-0.05, 0) is 54.4 Å². The van der Waals surface area contributed by atoms with Gasteiger partial charge in [-0.2, -0.15) is 0 Å². The zero-order valence-corrected chi connectivity index (χ0v) is 18.3. The second-order valence-corrected chi connectivity index (χ2v) is 8.36. The molecular weight excluding hydrogens is 427 g/mol. The van der Waals surface area contributed by atoms with E-state index in [-0.39, 0.29) is 16.7 Å². The maximum atomic E-state index is 11.1. The molecule has 0 bridgehead atoms. The van der Waals surface area contributed by atoms with Gasteiger partial charge >= 0.3 is 0 Å². The molecule has 0 aliphatic carbocycles. The molecule has 0 spiro atoms. The van der Waals surface area contributed by atoms with Crippen molar-refractivity contribution >= 4 is 52.2 Å². The number of carbonyl (C=O) groups excluding carboxylic acids is 1. The summed E-state index contributed by atoms with van der Waals surface area (Å²) < 4.78 is 0. The van der Waals surface area contributed by atoms with E-state index >= 15 is 0 Å². The van der Waals surface area contributed by atoms with Gasteiger partial charge in [-0.15, -0.1) is 0 Å². The fourth-order valence-corrected chi connectivity index (χ4v) is 4.11. The molecule has 3 N–H and O–H groups in total. The van der Waals surface area contributed by atoms with Gasteiger partial charge in [0.05, 0.1) is 10.7 Å². The number of phenolic OH excluding ortho intramolecular Hbond substituents is 1. The van der Waals surface area contributed by atoms with Gasteiger partial charge in [0.1, 0.15) is 0 Å². The Morgan fingerprint density at radius 2 is 1.79 bits per heavy atom. The van der Waals surface area contributed by atoms with E-state index in [1.807, 2.05) is 48.5 Å². The van der Waals surface area contributed by atoms with Gasteiger partial charge in [0.2, 0.25) is 5.91 Å². The number of aromatic hydroxyl groups is 1. The molecule has 0 saturated heterocycles. The van der Waals surface area contributed by atoms with E-state index in [2.05, 4.69) is 10.6 Å². The summed E-state index contributed by atoms with van der Waals surface area (Å²) in [5.74, 6) is -0.103. The van der Waals surface area contributed by atoms with Crippen LogP contribution in [0.1, 0.15) is 18.1 Å². The second-order valence-electron chi connectivity index (χ2n) is 6.46. The zero-order chi connectivity index (χ0) is 21.0. The van der Waals surface area contributed by atoms with E-state index in [9.17, 15) is 9.90 Å². The van der Waals surface area contributed by atoms with Crippen LogP contribution in [-0.2, 0) is 11.3 Å². The summed E-state index contributed by atoms with van der Waals surface area (Å²) in [4.78, 5) is 13.3. The number of carbonyl (C=O) groups is 1. The standard InChI is InChI=1S/C22H20Cl2N2O2S/c1-13-18(23)11-19(22(28)21(13)24)25-12-15-5-3-4-6-20(15)29-17-9-7-16(8-10-17)26-14(2)27/h3-11,25,28H,12H2,1-2H3,(H,26,27). The number of benzene rings is 3. The van der Waals surface area contributed by atoms with Gasteiger partial charge in [-0.3, -0.25) is 4.79 Å². The highest BCUT2D eigenvalue weighted by Crippen LogP contribution is 2.39. The van der Waals surface area contributed by atoms with Crippen molar-refractivity contribution in [1.82, 2.24) is 0 Å². The predicted molar refractivity (Wildman–Crippen MR) is 122 cm³/mol. The third-order valence-corrected chi connectivity index (χ3v) is 6.25. The summed E-state index contributed by atoms with van der Waals surface area (Å²) in [6.07, 6.45) is 0. The van der Waals surface area contributed by atoms with Gasteiger partial charge in [-0.1, -0.05) is 53.2 Å². The molecule has 0 fully saturated rings. The lowest BCUT2D eigenvalue weighted by molar-refractivity contribution is -0.114. The second kappa shape index (κ2) is 9.44. The summed E-state index contributed by atoms with van der Waals surface area (Å²) in [7, 11) is 0. The summed E-state index contributed by atoms with van der Waals surface area (Å²) in [5, 5.41) is 17.0. The van der Waals surface area contributed by atoms with Crippen molar-refractivity contribution < 1.29 is 9.90 Å². The molecular formula is C22H20Cl2N2O2S. The molecule has 0 radical (unpaired) electrons. The molecule has 3 aromatic carbocycles. The lowest BCUT2D eigenvalue weighted by atomic mass is 10.2. The highest BCUT2D eigenvalue weighted by Gasteiger charge is 2.13. The van der Waals surface area contributed by atoms with Crippen LogP contribution in [0.4, 0.5) is 11.4 Å². The third kappa shape index (κ3) is 5.38. The minimum absolute atomic E-state index is 0.00717. The van der Waals surface area contributed by atoms with Gasteiger partial charge in [-0.25, -0.2) is 0 Å². The number of hydrogen-bond donors (Lipinski definition) is 3. The molecule has 0 aliphatic heterocycles. The maximum absolute atomic E-state index is 11.1. The summed E-state index contributed by atoms with van der Waals surface area (Å²) in [6, 6.07) is 17.4. The summed E-state index contributed by atoms with van der Waals surface area (Å²) >= 11 is 14.0. The molecule has 1 amide bonds. The molecule has 7 heteroatoms. The average molecular weight is 447 g/mol. The molecule has 4 nitrogen and oxygen atoms in total. The average Bonchev–Trinajstić information content (AvgIpc) is 2.70. The van der Waals surface area contributed by atoms with Crippen molar-refractivity contribution in [3.8, 4) is 5.75 Å². The minimum Gasteiger partial charge on any atom is -0.504 e. The summed E-state index contributed by atoms with van der Waals surface area (Å²) in [6.45, 7) is 3.74. The normalized spacial score (nSPS) is 10.6. The van der Waals surface area contributed by atoms with Gasteiger partial charge in [0.15, 0.2) is 5.75 Å². The molecule has 3 aromatic rings. The molecule has 0 unspecified atom stereocenters. The van der Waals surface area contributed by atoms with Crippen LogP contribution in [0, 0.1) is 6.92 Å². The number of amides is 1. The fourth-order valence-electron chi connectivity index (χ4n) is 2.72. The first-order chi connectivity index (χ1) is 13.8. The van der Waals surface area contributed by atoms with Crippen molar-refractivity contribution in [1.29, 1.82) is 0 Å². The number of hydrogen-bond acceptors (Lipinski definition) is 4. The van der Waals surface area contributed by atoms with Crippen molar-refractivity contribution in [3.63, 3.8) is 0 Å². The van der Waals surface area contributed by atoms with E-state index in [4.69, 9.17) is 23.2 Å². The van der Waals surface area contributed by atoms with E-state index in [1.54, 1.807) is 24.8 Å². The van der Waals surface area contributed by atoms with E-state index in [1.165, 1.54) is 6.92 Å². The van der Waals surface area contributed by atoms with Gasteiger partial charge < -0.3 is 15.7 Å². The molecule has 0 aromatic heterocycles. The highest BCUT2D eigenvalue weighted by atomic mass is 35.5. The number of nitrogens with one attached hydrogen (secondary N) is 2. The number of anilines is 2. The predicted octanol–water partition coefficient (Wildman–Crippen LogP) is 6.73. The lowest BCUT2D eigenvalue weighted by Gasteiger charge is -2.14. The minimum atomic E-state index is -0.0959. The van der Waals surface area contributed by atoms with Crippen LogP contribution in [0.5, 0.6) is 5.75 Å². The smallest absolute Gasteiger partial charge is 0.221 e. The van der Waals surface area contributed by atoms with Crippen molar-refractivity contribution in [3.05, 3.63) is 75.8 Å². The fraction of sp³-hybridized carbons (Fsp3) is 0.136. The van der Waals surface area contributed by atoms with Crippen LogP contribution in [0.25, 0.3) is 0 Å². The molecule has 3 rings (SSSR count). The van der Waals surface area contributed by atoms with Crippen LogP contribution in [0.2, 0.25) is 10.0 Å². The Labute approximate surface area is 184 Å². The van der Waals surface area contributed by atoms with Crippen molar-refractivity contribution in [2.24, 2.45) is 0 Å². The van der Waals surface area contributed by atoms with Gasteiger partial charge in [0.25, 0.3) is 0 Å². The van der Waals surface area contributed by atoms with Crippen LogP contribution < -0.4 is 10.6 Å². The molecule has 150 valence electrons. The van der Waals surface area contributed by atoms with Crippen LogP contribution in [0.15, 0.2) is 64.4 Å². The summed E-state index contributed by atoms with van der Waals surface area (Å²) in [5.41, 5.74) is 2.97. The monoisotopic (exact) mass is 446 g/mol. The van der Waals surface area contributed by atoms with Crippen LogP contribution in [-0.4, -0.2) is 11.0 Å².